The standard InChI is InChI=1S/C20H23Cl2N5O2S/c1-10(30-19-26-25-16-15(22)5-14(21)9-27(16)19)17(28)23-18(29)24-20-6-11-2-12(7-20)4-13(3-11)8-20/h5,9-13H,2-4,6-8H2,1H3,(H2,23,24,28,29). The minimum absolute atomic E-state index is 0.133. The van der Waals surface area contributed by atoms with Gasteiger partial charge in [0.05, 0.1) is 15.3 Å². The highest BCUT2D eigenvalue weighted by Gasteiger charge is 2.51. The van der Waals surface area contributed by atoms with Gasteiger partial charge >= 0.3 is 6.03 Å². The van der Waals surface area contributed by atoms with Gasteiger partial charge in [0.2, 0.25) is 5.91 Å². The van der Waals surface area contributed by atoms with E-state index in [9.17, 15) is 9.59 Å². The maximum Gasteiger partial charge on any atom is 0.321 e. The summed E-state index contributed by atoms with van der Waals surface area (Å²) in [5, 5.41) is 14.6. The maximum atomic E-state index is 12.6. The number of thioether (sulfide) groups is 1. The second-order valence-electron chi connectivity index (χ2n) is 9.08. The molecule has 4 aliphatic rings. The van der Waals surface area contributed by atoms with Crippen molar-refractivity contribution in [3.8, 4) is 0 Å². The molecule has 4 fully saturated rings. The summed E-state index contributed by atoms with van der Waals surface area (Å²) in [6, 6.07) is 1.19. The van der Waals surface area contributed by atoms with E-state index in [2.05, 4.69) is 20.8 Å². The van der Waals surface area contributed by atoms with Crippen LogP contribution in [0, 0.1) is 17.8 Å². The zero-order chi connectivity index (χ0) is 21.0. The van der Waals surface area contributed by atoms with Crippen molar-refractivity contribution in [2.45, 2.75) is 61.4 Å². The fraction of sp³-hybridized carbons (Fsp3) is 0.600. The van der Waals surface area contributed by atoms with Gasteiger partial charge in [-0.15, -0.1) is 10.2 Å². The lowest BCUT2D eigenvalue weighted by atomic mass is 9.53. The summed E-state index contributed by atoms with van der Waals surface area (Å²) in [7, 11) is 0. The summed E-state index contributed by atoms with van der Waals surface area (Å²) in [6.45, 7) is 1.73. The molecule has 160 valence electrons. The number of nitrogens with zero attached hydrogens (tertiary/aromatic N) is 3. The number of hydrogen-bond acceptors (Lipinski definition) is 5. The molecule has 2 heterocycles. The van der Waals surface area contributed by atoms with Gasteiger partial charge in [0.1, 0.15) is 0 Å². The SMILES string of the molecule is CC(Sc1nnc2c(Cl)cc(Cl)cn12)C(=O)NC(=O)NC12CC3CC(CC(C3)C1)C2. The van der Waals surface area contributed by atoms with E-state index in [1.807, 2.05) is 0 Å². The number of carbonyl (C=O) groups excluding carboxylic acids is 2. The fourth-order valence-electron chi connectivity index (χ4n) is 5.94. The van der Waals surface area contributed by atoms with Crippen LogP contribution in [0.15, 0.2) is 17.4 Å². The Balaban J connectivity index is 1.22. The lowest BCUT2D eigenvalue weighted by Gasteiger charge is -2.56. The number of urea groups is 1. The molecule has 1 unspecified atom stereocenters. The summed E-state index contributed by atoms with van der Waals surface area (Å²) in [6.07, 6.45) is 8.67. The molecule has 4 bridgehead atoms. The number of rotatable bonds is 4. The zero-order valence-electron chi connectivity index (χ0n) is 16.5. The Morgan fingerprint density at radius 2 is 1.80 bits per heavy atom. The Hall–Kier alpha value is -1.51. The molecule has 2 aromatic rings. The second kappa shape index (κ2) is 7.57. The summed E-state index contributed by atoms with van der Waals surface area (Å²) in [5.41, 5.74) is 0.336. The van der Waals surface area contributed by atoms with Crippen molar-refractivity contribution in [2.75, 3.05) is 0 Å². The Morgan fingerprint density at radius 1 is 1.17 bits per heavy atom. The third-order valence-corrected chi connectivity index (χ3v) is 8.24. The smallest absolute Gasteiger partial charge is 0.321 e. The van der Waals surface area contributed by atoms with Gasteiger partial charge in [-0.1, -0.05) is 35.0 Å². The molecular weight excluding hydrogens is 445 g/mol. The van der Waals surface area contributed by atoms with Crippen LogP contribution < -0.4 is 10.6 Å². The first-order valence-corrected chi connectivity index (χ1v) is 11.9. The monoisotopic (exact) mass is 467 g/mol. The number of imide groups is 1. The summed E-state index contributed by atoms with van der Waals surface area (Å²) in [4.78, 5) is 25.3. The molecule has 2 N–H and O–H groups in total. The molecule has 2 aromatic heterocycles. The van der Waals surface area contributed by atoms with Crippen molar-refractivity contribution in [3.05, 3.63) is 22.3 Å². The van der Waals surface area contributed by atoms with E-state index >= 15 is 0 Å². The average molecular weight is 468 g/mol. The molecule has 0 aromatic carbocycles. The highest BCUT2D eigenvalue weighted by atomic mass is 35.5. The van der Waals surface area contributed by atoms with Crippen LogP contribution in [0.3, 0.4) is 0 Å². The molecule has 4 saturated carbocycles. The topological polar surface area (TPSA) is 88.4 Å². The fourth-order valence-corrected chi connectivity index (χ4v) is 7.28. The van der Waals surface area contributed by atoms with Crippen molar-refractivity contribution in [3.63, 3.8) is 0 Å². The molecule has 6 rings (SSSR count). The zero-order valence-corrected chi connectivity index (χ0v) is 18.9. The minimum atomic E-state index is -0.544. The van der Waals surface area contributed by atoms with E-state index in [0.717, 1.165) is 37.0 Å². The van der Waals surface area contributed by atoms with E-state index in [0.29, 0.717) is 20.8 Å². The first kappa shape index (κ1) is 20.4. The molecule has 7 nitrogen and oxygen atoms in total. The van der Waals surface area contributed by atoms with Crippen molar-refractivity contribution in [1.29, 1.82) is 0 Å². The molecule has 30 heavy (non-hydrogen) atoms. The third kappa shape index (κ3) is 3.78. The van der Waals surface area contributed by atoms with Gasteiger partial charge in [0, 0.05) is 11.7 Å². The first-order valence-electron chi connectivity index (χ1n) is 10.3. The lowest BCUT2D eigenvalue weighted by molar-refractivity contribution is -0.119. The Kier molecular flexibility index (Phi) is 5.14. The highest BCUT2D eigenvalue weighted by molar-refractivity contribution is 8.00. The van der Waals surface area contributed by atoms with Crippen molar-refractivity contribution in [2.24, 2.45) is 17.8 Å². The lowest BCUT2D eigenvalue weighted by Crippen LogP contribution is -2.62. The summed E-state index contributed by atoms with van der Waals surface area (Å²) in [5.74, 6) is 1.80. The van der Waals surface area contributed by atoms with Crippen LogP contribution in [-0.2, 0) is 4.79 Å². The van der Waals surface area contributed by atoms with Crippen molar-refractivity contribution in [1.82, 2.24) is 25.2 Å². The molecule has 1 atom stereocenters. The minimum Gasteiger partial charge on any atom is -0.332 e. The van der Waals surface area contributed by atoms with Crippen LogP contribution in [0.25, 0.3) is 5.65 Å². The third-order valence-electron chi connectivity index (χ3n) is 6.70. The number of pyridine rings is 1. The molecular formula is C20H23Cl2N5O2S. The van der Waals surface area contributed by atoms with Crippen LogP contribution >= 0.6 is 35.0 Å². The number of amides is 3. The van der Waals surface area contributed by atoms with Crippen molar-refractivity contribution >= 4 is 52.5 Å². The number of aromatic nitrogens is 3. The maximum absolute atomic E-state index is 12.6. The summed E-state index contributed by atoms with van der Waals surface area (Å²) >= 11 is 13.4. The number of fused-ring (bicyclic) bond motifs is 1. The van der Waals surface area contributed by atoms with E-state index in [1.165, 1.54) is 31.0 Å². The Labute approximate surface area is 188 Å². The Bertz CT molecular complexity index is 991. The van der Waals surface area contributed by atoms with Gasteiger partial charge in [-0.2, -0.15) is 0 Å². The van der Waals surface area contributed by atoms with Gasteiger partial charge in [-0.05, 0) is 69.3 Å². The van der Waals surface area contributed by atoms with Crippen LogP contribution in [0.4, 0.5) is 4.79 Å². The van der Waals surface area contributed by atoms with Crippen LogP contribution in [0.2, 0.25) is 10.0 Å². The van der Waals surface area contributed by atoms with Crippen LogP contribution in [0.1, 0.15) is 45.4 Å². The van der Waals surface area contributed by atoms with Gasteiger partial charge in [-0.25, -0.2) is 4.79 Å². The predicted octanol–water partition coefficient (Wildman–Crippen LogP) is 4.31. The largest absolute Gasteiger partial charge is 0.332 e. The summed E-state index contributed by atoms with van der Waals surface area (Å²) < 4.78 is 1.65. The number of carbonyl (C=O) groups is 2. The predicted molar refractivity (Wildman–Crippen MR) is 116 cm³/mol. The number of hydrogen-bond donors (Lipinski definition) is 2. The van der Waals surface area contributed by atoms with Gasteiger partial charge in [0.15, 0.2) is 10.8 Å². The van der Waals surface area contributed by atoms with Gasteiger partial charge in [0.25, 0.3) is 0 Å². The van der Waals surface area contributed by atoms with Gasteiger partial charge < -0.3 is 5.32 Å². The molecule has 4 aliphatic carbocycles. The normalized spacial score (nSPS) is 30.4. The second-order valence-corrected chi connectivity index (χ2v) is 11.2. The molecule has 3 amide bonds. The van der Waals surface area contributed by atoms with E-state index < -0.39 is 11.3 Å². The quantitative estimate of drug-likeness (QED) is 0.653. The highest BCUT2D eigenvalue weighted by Crippen LogP contribution is 2.55. The number of halogens is 2. The van der Waals surface area contributed by atoms with Crippen LogP contribution in [-0.4, -0.2) is 37.3 Å². The van der Waals surface area contributed by atoms with Gasteiger partial charge in [-0.3, -0.25) is 14.5 Å². The van der Waals surface area contributed by atoms with E-state index in [-0.39, 0.29) is 11.4 Å². The molecule has 0 saturated heterocycles. The molecule has 0 aliphatic heterocycles. The van der Waals surface area contributed by atoms with E-state index in [4.69, 9.17) is 23.2 Å². The Morgan fingerprint density at radius 3 is 2.43 bits per heavy atom. The molecule has 0 spiro atoms. The first-order chi connectivity index (χ1) is 14.3. The van der Waals surface area contributed by atoms with Crippen molar-refractivity contribution < 1.29 is 9.59 Å². The number of nitrogens with one attached hydrogen (secondary N) is 2. The molecule has 10 heteroatoms. The molecule has 0 radical (unpaired) electrons. The van der Waals surface area contributed by atoms with Crippen LogP contribution in [0.5, 0.6) is 0 Å². The van der Waals surface area contributed by atoms with E-state index in [1.54, 1.807) is 23.6 Å². The average Bonchev–Trinajstić information content (AvgIpc) is 3.02.